The van der Waals surface area contributed by atoms with Crippen LogP contribution in [-0.4, -0.2) is 4.98 Å². The molecule has 0 unspecified atom stereocenters. The largest absolute Gasteiger partial charge is 0.397 e. The van der Waals surface area contributed by atoms with E-state index in [1.807, 2.05) is 25.1 Å². The van der Waals surface area contributed by atoms with Crippen LogP contribution >= 0.6 is 27.5 Å². The molecular weight excluding hydrogens is 302 g/mol. The molecule has 0 aliphatic carbocycles. The number of aromatic nitrogens is 1. The Kier molecular flexibility index (Phi) is 3.54. The van der Waals surface area contributed by atoms with Gasteiger partial charge in [-0.25, -0.2) is 4.98 Å². The molecule has 0 amide bonds. The van der Waals surface area contributed by atoms with Crippen molar-refractivity contribution < 1.29 is 0 Å². The van der Waals surface area contributed by atoms with E-state index >= 15 is 0 Å². The zero-order valence-electron chi connectivity index (χ0n) is 9.17. The van der Waals surface area contributed by atoms with Crippen LogP contribution in [-0.2, 0) is 0 Å². The normalized spacial score (nSPS) is 10.3. The molecule has 0 radical (unpaired) electrons. The van der Waals surface area contributed by atoms with E-state index in [2.05, 4.69) is 26.2 Å². The highest BCUT2D eigenvalue weighted by Gasteiger charge is 2.05. The van der Waals surface area contributed by atoms with Gasteiger partial charge in [0.05, 0.1) is 22.6 Å². The van der Waals surface area contributed by atoms with Gasteiger partial charge in [-0.05, 0) is 46.6 Å². The van der Waals surface area contributed by atoms with Crippen LogP contribution in [0, 0.1) is 6.92 Å². The number of halogens is 2. The Morgan fingerprint density at radius 2 is 2.12 bits per heavy atom. The molecule has 2 aromatic rings. The second kappa shape index (κ2) is 4.94. The smallest absolute Gasteiger partial charge is 0.149 e. The van der Waals surface area contributed by atoms with E-state index in [0.29, 0.717) is 16.5 Å². The third-order valence-electron chi connectivity index (χ3n) is 2.24. The summed E-state index contributed by atoms with van der Waals surface area (Å²) >= 11 is 9.52. The average molecular weight is 313 g/mol. The van der Waals surface area contributed by atoms with Crippen molar-refractivity contribution in [1.82, 2.24) is 4.98 Å². The lowest BCUT2D eigenvalue weighted by Gasteiger charge is -2.10. The molecule has 0 bridgehead atoms. The number of hydrogen-bond acceptors (Lipinski definition) is 3. The van der Waals surface area contributed by atoms with Gasteiger partial charge in [-0.2, -0.15) is 0 Å². The van der Waals surface area contributed by atoms with Gasteiger partial charge in [-0.1, -0.05) is 17.7 Å². The van der Waals surface area contributed by atoms with Crippen LogP contribution in [0.5, 0.6) is 0 Å². The van der Waals surface area contributed by atoms with Gasteiger partial charge in [0.25, 0.3) is 0 Å². The van der Waals surface area contributed by atoms with Gasteiger partial charge >= 0.3 is 0 Å². The number of hydrogen-bond donors (Lipinski definition) is 2. The number of aryl methyl sites for hydroxylation is 1. The van der Waals surface area contributed by atoms with Crippen molar-refractivity contribution in [3.63, 3.8) is 0 Å². The Hall–Kier alpha value is -1.26. The van der Waals surface area contributed by atoms with Gasteiger partial charge in [-0.3, -0.25) is 0 Å². The van der Waals surface area contributed by atoms with Gasteiger partial charge in [0.15, 0.2) is 0 Å². The van der Waals surface area contributed by atoms with E-state index in [4.69, 9.17) is 17.3 Å². The number of anilines is 3. The lowest BCUT2D eigenvalue weighted by molar-refractivity contribution is 1.30. The topological polar surface area (TPSA) is 50.9 Å². The first-order chi connectivity index (χ1) is 8.06. The van der Waals surface area contributed by atoms with Crippen molar-refractivity contribution in [3.8, 4) is 0 Å². The van der Waals surface area contributed by atoms with Crippen LogP contribution in [0.4, 0.5) is 17.2 Å². The van der Waals surface area contributed by atoms with Crippen LogP contribution < -0.4 is 11.1 Å². The summed E-state index contributed by atoms with van der Waals surface area (Å²) in [6.45, 7) is 2.02. The molecule has 88 valence electrons. The Balaban J connectivity index is 2.34. The van der Waals surface area contributed by atoms with Crippen molar-refractivity contribution >= 4 is 44.7 Å². The molecule has 3 N–H and O–H groups in total. The number of nitrogens with two attached hydrogens (primary N) is 1. The van der Waals surface area contributed by atoms with Crippen molar-refractivity contribution in [2.24, 2.45) is 0 Å². The second-order valence-electron chi connectivity index (χ2n) is 3.71. The second-order valence-corrected chi connectivity index (χ2v) is 4.97. The molecule has 2 rings (SSSR count). The summed E-state index contributed by atoms with van der Waals surface area (Å²) in [5, 5.41) is 3.66. The molecule has 0 atom stereocenters. The van der Waals surface area contributed by atoms with E-state index in [-0.39, 0.29) is 0 Å². The van der Waals surface area contributed by atoms with Crippen LogP contribution in [0.2, 0.25) is 5.02 Å². The summed E-state index contributed by atoms with van der Waals surface area (Å²) < 4.78 is 0.956. The lowest BCUT2D eigenvalue weighted by Crippen LogP contribution is -1.97. The van der Waals surface area contributed by atoms with Gasteiger partial charge in [-0.15, -0.1) is 0 Å². The van der Waals surface area contributed by atoms with Crippen LogP contribution in [0.1, 0.15) is 5.56 Å². The Bertz CT molecular complexity index is 557. The third-order valence-corrected chi connectivity index (χ3v) is 3.22. The first-order valence-electron chi connectivity index (χ1n) is 5.00. The van der Waals surface area contributed by atoms with Gasteiger partial charge in [0.2, 0.25) is 0 Å². The fourth-order valence-electron chi connectivity index (χ4n) is 1.41. The maximum atomic E-state index is 6.05. The minimum Gasteiger partial charge on any atom is -0.397 e. The molecule has 1 heterocycles. The number of pyridine rings is 1. The predicted molar refractivity (Wildman–Crippen MR) is 75.8 cm³/mol. The molecule has 3 nitrogen and oxygen atoms in total. The van der Waals surface area contributed by atoms with E-state index < -0.39 is 0 Å². The van der Waals surface area contributed by atoms with E-state index in [1.165, 1.54) is 0 Å². The van der Waals surface area contributed by atoms with Crippen LogP contribution in [0.25, 0.3) is 0 Å². The van der Waals surface area contributed by atoms with E-state index in [9.17, 15) is 0 Å². The highest BCUT2D eigenvalue weighted by molar-refractivity contribution is 9.10. The summed E-state index contributed by atoms with van der Waals surface area (Å²) in [7, 11) is 0. The molecule has 0 saturated carbocycles. The first-order valence-corrected chi connectivity index (χ1v) is 6.17. The Morgan fingerprint density at radius 1 is 1.35 bits per heavy atom. The number of rotatable bonds is 2. The van der Waals surface area contributed by atoms with Crippen molar-refractivity contribution in [1.29, 1.82) is 0 Å². The molecule has 17 heavy (non-hydrogen) atoms. The van der Waals surface area contributed by atoms with E-state index in [0.717, 1.165) is 15.7 Å². The van der Waals surface area contributed by atoms with E-state index in [1.54, 1.807) is 12.3 Å². The first kappa shape index (κ1) is 12.2. The molecule has 0 fully saturated rings. The quantitative estimate of drug-likeness (QED) is 0.876. The molecule has 0 aliphatic heterocycles. The highest BCUT2D eigenvalue weighted by Crippen LogP contribution is 2.29. The number of nitrogens with one attached hydrogen (secondary N) is 1. The molecule has 0 aliphatic rings. The molecule has 1 aromatic carbocycles. The summed E-state index contributed by atoms with van der Waals surface area (Å²) in [5.41, 5.74) is 8.21. The van der Waals surface area contributed by atoms with Crippen molar-refractivity contribution in [2.75, 3.05) is 11.1 Å². The summed E-state index contributed by atoms with van der Waals surface area (Å²) in [5.74, 6) is 0.590. The van der Waals surface area contributed by atoms with Crippen molar-refractivity contribution in [2.45, 2.75) is 6.92 Å². The van der Waals surface area contributed by atoms with Crippen molar-refractivity contribution in [3.05, 3.63) is 45.5 Å². The summed E-state index contributed by atoms with van der Waals surface area (Å²) in [4.78, 5) is 4.15. The zero-order chi connectivity index (χ0) is 12.4. The fraction of sp³-hybridized carbons (Fsp3) is 0.0833. The number of benzene rings is 1. The lowest BCUT2D eigenvalue weighted by atomic mass is 10.2. The minimum absolute atomic E-state index is 0.499. The summed E-state index contributed by atoms with van der Waals surface area (Å²) in [6, 6.07) is 7.68. The molecule has 0 spiro atoms. The number of nitrogens with zero attached hydrogens (tertiary/aromatic N) is 1. The highest BCUT2D eigenvalue weighted by atomic mass is 79.9. The molecule has 0 saturated heterocycles. The fourth-order valence-corrected chi connectivity index (χ4v) is 1.97. The standard InChI is InChI=1S/C12H11BrClN3/c1-7-2-3-9(13)11(4-7)17-12-10(14)5-8(15)6-16-12/h2-6H,15H2,1H3,(H,16,17). The molecule has 5 heteroatoms. The van der Waals surface area contributed by atoms with Gasteiger partial charge < -0.3 is 11.1 Å². The Labute approximate surface area is 113 Å². The zero-order valence-corrected chi connectivity index (χ0v) is 11.5. The Morgan fingerprint density at radius 3 is 2.82 bits per heavy atom. The summed E-state index contributed by atoms with van der Waals surface area (Å²) in [6.07, 6.45) is 1.57. The third kappa shape index (κ3) is 2.90. The SMILES string of the molecule is Cc1ccc(Br)c(Nc2ncc(N)cc2Cl)c1. The van der Waals surface area contributed by atoms with Crippen LogP contribution in [0.3, 0.4) is 0 Å². The number of nitrogen functional groups attached to an aromatic ring is 1. The molecular formula is C12H11BrClN3. The average Bonchev–Trinajstić information content (AvgIpc) is 2.27. The predicted octanol–water partition coefficient (Wildman–Crippen LogP) is 4.13. The molecule has 1 aromatic heterocycles. The minimum atomic E-state index is 0.499. The maximum absolute atomic E-state index is 6.05. The van der Waals surface area contributed by atoms with Crippen LogP contribution in [0.15, 0.2) is 34.9 Å². The van der Waals surface area contributed by atoms with Gasteiger partial charge in [0.1, 0.15) is 5.82 Å². The van der Waals surface area contributed by atoms with Gasteiger partial charge in [0, 0.05) is 4.47 Å². The monoisotopic (exact) mass is 311 g/mol. The maximum Gasteiger partial charge on any atom is 0.149 e.